The minimum Gasteiger partial charge on any atom is -0.480 e. The van der Waals surface area contributed by atoms with Crippen molar-refractivity contribution in [3.63, 3.8) is 0 Å². The topological polar surface area (TPSA) is 142 Å². The zero-order chi connectivity index (χ0) is 13.6. The zero-order valence-electron chi connectivity index (χ0n) is 9.21. The highest BCUT2D eigenvalue weighted by Crippen LogP contribution is 1.92. The Labute approximate surface area is 97.9 Å². The molecule has 0 rings (SSSR count). The average Bonchev–Trinajstić information content (AvgIpc) is 2.11. The molecule has 0 saturated heterocycles. The number of hydrogen-bond acceptors (Lipinski definition) is 6. The minimum atomic E-state index is -4.40. The fourth-order valence-corrected chi connectivity index (χ4v) is 1.61. The SMILES string of the molecule is CC(C)OC(=O)NS(=O)(=O)N[C@H](CO)C(=O)O. The van der Waals surface area contributed by atoms with E-state index in [-0.39, 0.29) is 0 Å². The van der Waals surface area contributed by atoms with Crippen LogP contribution >= 0.6 is 0 Å². The molecule has 4 N–H and O–H groups in total. The molecule has 10 heteroatoms. The van der Waals surface area contributed by atoms with E-state index in [2.05, 4.69) is 4.74 Å². The number of ether oxygens (including phenoxy) is 1. The number of amides is 1. The molecule has 0 aromatic heterocycles. The van der Waals surface area contributed by atoms with Gasteiger partial charge in [0.1, 0.15) is 6.04 Å². The molecule has 0 spiro atoms. The van der Waals surface area contributed by atoms with Gasteiger partial charge >= 0.3 is 22.3 Å². The van der Waals surface area contributed by atoms with Gasteiger partial charge in [0.15, 0.2) is 0 Å². The number of carbonyl (C=O) groups is 2. The predicted octanol–water partition coefficient (Wildman–Crippen LogP) is -1.60. The van der Waals surface area contributed by atoms with E-state index in [1.54, 1.807) is 4.72 Å². The van der Waals surface area contributed by atoms with E-state index in [1.165, 1.54) is 18.6 Å². The number of aliphatic hydroxyl groups excluding tert-OH is 1. The quantitative estimate of drug-likeness (QED) is 0.455. The van der Waals surface area contributed by atoms with Crippen molar-refractivity contribution in [3.8, 4) is 0 Å². The molecule has 1 amide bonds. The Morgan fingerprint density at radius 2 is 1.88 bits per heavy atom. The van der Waals surface area contributed by atoms with Crippen LogP contribution in [0, 0.1) is 0 Å². The first-order chi connectivity index (χ1) is 7.68. The normalized spacial score (nSPS) is 13.2. The lowest BCUT2D eigenvalue weighted by Crippen LogP contribution is -2.50. The van der Waals surface area contributed by atoms with Crippen LogP contribution in [0.5, 0.6) is 0 Å². The molecule has 0 saturated carbocycles. The van der Waals surface area contributed by atoms with Gasteiger partial charge in [-0.3, -0.25) is 4.79 Å². The number of nitrogens with one attached hydrogen (secondary N) is 2. The third-order valence-corrected chi connectivity index (χ3v) is 2.37. The molecule has 0 heterocycles. The van der Waals surface area contributed by atoms with Crippen molar-refractivity contribution in [1.82, 2.24) is 9.44 Å². The highest BCUT2D eigenvalue weighted by Gasteiger charge is 2.25. The van der Waals surface area contributed by atoms with Gasteiger partial charge in [0.25, 0.3) is 0 Å². The molecule has 0 aliphatic rings. The summed E-state index contributed by atoms with van der Waals surface area (Å²) in [5, 5.41) is 17.1. The minimum absolute atomic E-state index is 0.529. The smallest absolute Gasteiger partial charge is 0.422 e. The first kappa shape index (κ1) is 15.6. The molecule has 0 aliphatic carbocycles. The van der Waals surface area contributed by atoms with E-state index in [0.717, 1.165) is 0 Å². The predicted molar refractivity (Wildman–Crippen MR) is 55.3 cm³/mol. The summed E-state index contributed by atoms with van der Waals surface area (Å²) in [4.78, 5) is 21.4. The summed E-state index contributed by atoms with van der Waals surface area (Å²) in [7, 11) is -4.40. The van der Waals surface area contributed by atoms with Crippen molar-refractivity contribution in [2.24, 2.45) is 0 Å². The molecule has 0 aromatic carbocycles. The molecule has 17 heavy (non-hydrogen) atoms. The molecule has 1 atom stereocenters. The lowest BCUT2D eigenvalue weighted by Gasteiger charge is -2.13. The average molecular weight is 270 g/mol. The molecule has 0 radical (unpaired) electrons. The molecule has 9 nitrogen and oxygen atoms in total. The fraction of sp³-hybridized carbons (Fsp3) is 0.714. The van der Waals surface area contributed by atoms with Crippen LogP contribution in [0.2, 0.25) is 0 Å². The summed E-state index contributed by atoms with van der Waals surface area (Å²) in [6.07, 6.45) is -1.77. The second-order valence-corrected chi connectivity index (χ2v) is 4.70. The van der Waals surface area contributed by atoms with Crippen LogP contribution in [0.3, 0.4) is 0 Å². The van der Waals surface area contributed by atoms with Gasteiger partial charge in [-0.15, -0.1) is 0 Å². The number of rotatable bonds is 6. The molecule has 100 valence electrons. The van der Waals surface area contributed by atoms with Crippen LogP contribution in [-0.2, 0) is 19.7 Å². The Balaban J connectivity index is 4.49. The Hall–Kier alpha value is -1.39. The summed E-state index contributed by atoms with van der Waals surface area (Å²) in [5.74, 6) is -1.57. The number of carboxylic acid groups (broad SMARTS) is 1. The van der Waals surface area contributed by atoms with Crippen LogP contribution < -0.4 is 9.44 Å². The lowest BCUT2D eigenvalue weighted by molar-refractivity contribution is -0.139. The van der Waals surface area contributed by atoms with Gasteiger partial charge < -0.3 is 14.9 Å². The first-order valence-corrected chi connectivity index (χ1v) is 6.00. The highest BCUT2D eigenvalue weighted by atomic mass is 32.2. The van der Waals surface area contributed by atoms with Gasteiger partial charge in [0, 0.05) is 0 Å². The monoisotopic (exact) mass is 270 g/mol. The maximum atomic E-state index is 11.2. The number of aliphatic hydroxyl groups is 1. The summed E-state index contributed by atoms with van der Waals surface area (Å²) in [6, 6.07) is -1.74. The fourth-order valence-electron chi connectivity index (χ4n) is 0.730. The first-order valence-electron chi connectivity index (χ1n) is 4.52. The van der Waals surface area contributed by atoms with Gasteiger partial charge in [-0.25, -0.2) is 9.52 Å². The summed E-state index contributed by atoms with van der Waals surface area (Å²) >= 11 is 0. The van der Waals surface area contributed by atoms with Crippen LogP contribution in [0.1, 0.15) is 13.8 Å². The molecular weight excluding hydrogens is 256 g/mol. The second-order valence-electron chi connectivity index (χ2n) is 3.25. The molecular formula is C7H14N2O7S. The summed E-state index contributed by atoms with van der Waals surface area (Å²) in [5.41, 5.74) is 0. The van der Waals surface area contributed by atoms with Crippen molar-refractivity contribution < 1.29 is 33.0 Å². The lowest BCUT2D eigenvalue weighted by atomic mass is 10.3. The van der Waals surface area contributed by atoms with Crippen molar-refractivity contribution in [1.29, 1.82) is 0 Å². The van der Waals surface area contributed by atoms with Crippen LogP contribution in [0.4, 0.5) is 4.79 Å². The van der Waals surface area contributed by atoms with Crippen molar-refractivity contribution >= 4 is 22.3 Å². The van der Waals surface area contributed by atoms with E-state index in [4.69, 9.17) is 10.2 Å². The molecule has 0 aromatic rings. The van der Waals surface area contributed by atoms with Crippen LogP contribution in [0.25, 0.3) is 0 Å². The van der Waals surface area contributed by atoms with Gasteiger partial charge in [0.05, 0.1) is 12.7 Å². The Kier molecular flexibility index (Phi) is 5.85. The van der Waals surface area contributed by atoms with Gasteiger partial charge in [-0.05, 0) is 13.8 Å². The summed E-state index contributed by atoms with van der Waals surface area (Å²) < 4.78 is 29.9. The molecule has 0 aliphatic heterocycles. The van der Waals surface area contributed by atoms with E-state index in [0.29, 0.717) is 0 Å². The molecule has 0 bridgehead atoms. The van der Waals surface area contributed by atoms with E-state index >= 15 is 0 Å². The third kappa shape index (κ3) is 6.71. The van der Waals surface area contributed by atoms with Crippen LogP contribution in [-0.4, -0.2) is 49.4 Å². The van der Waals surface area contributed by atoms with Gasteiger partial charge in [0.2, 0.25) is 0 Å². The Morgan fingerprint density at radius 1 is 1.35 bits per heavy atom. The Bertz CT molecular complexity index is 378. The van der Waals surface area contributed by atoms with Crippen molar-refractivity contribution in [2.45, 2.75) is 26.0 Å². The maximum Gasteiger partial charge on any atom is 0.422 e. The van der Waals surface area contributed by atoms with Gasteiger partial charge in [-0.1, -0.05) is 0 Å². The number of aliphatic carboxylic acids is 1. The Morgan fingerprint density at radius 3 is 2.24 bits per heavy atom. The van der Waals surface area contributed by atoms with Gasteiger partial charge in [-0.2, -0.15) is 13.1 Å². The second kappa shape index (κ2) is 6.37. The van der Waals surface area contributed by atoms with E-state index in [9.17, 15) is 18.0 Å². The van der Waals surface area contributed by atoms with E-state index < -0.39 is 41.0 Å². The summed E-state index contributed by atoms with van der Waals surface area (Å²) in [6.45, 7) is 2.07. The highest BCUT2D eigenvalue weighted by molar-refractivity contribution is 7.88. The molecule has 0 fully saturated rings. The number of carbonyl (C=O) groups excluding carboxylic acids is 1. The van der Waals surface area contributed by atoms with Crippen molar-refractivity contribution in [2.75, 3.05) is 6.61 Å². The third-order valence-electron chi connectivity index (χ3n) is 1.34. The zero-order valence-corrected chi connectivity index (χ0v) is 10.0. The maximum absolute atomic E-state index is 11.2. The number of carboxylic acids is 1. The van der Waals surface area contributed by atoms with Crippen LogP contribution in [0.15, 0.2) is 0 Å². The number of hydrogen-bond donors (Lipinski definition) is 4. The van der Waals surface area contributed by atoms with E-state index in [1.807, 2.05) is 0 Å². The molecule has 0 unspecified atom stereocenters. The largest absolute Gasteiger partial charge is 0.480 e. The van der Waals surface area contributed by atoms with Crippen molar-refractivity contribution in [3.05, 3.63) is 0 Å². The standard InChI is InChI=1S/C7H14N2O7S/c1-4(2)16-7(13)9-17(14,15)8-5(3-10)6(11)12/h4-5,8,10H,3H2,1-2H3,(H,9,13)(H,11,12)/t5-/m1/s1.